The molecule has 10 atom stereocenters. The van der Waals surface area contributed by atoms with Gasteiger partial charge in [-0.1, -0.05) is 32.4 Å². The Balaban J connectivity index is 0.687. The molecule has 8 aliphatic rings. The lowest BCUT2D eigenvalue weighted by atomic mass is 9.46. The quantitative estimate of drug-likeness (QED) is 0.0898. The van der Waals surface area contributed by atoms with E-state index >= 15 is 8.78 Å². The minimum atomic E-state index is -1.98. The van der Waals surface area contributed by atoms with E-state index in [2.05, 4.69) is 16.7 Å². The van der Waals surface area contributed by atoms with E-state index in [1.165, 1.54) is 26.6 Å². The molecule has 13 rings (SSSR count). The van der Waals surface area contributed by atoms with E-state index in [0.717, 1.165) is 30.5 Å². The molecule has 5 saturated carbocycles. The number of ether oxygens (including phenoxy) is 3. The van der Waals surface area contributed by atoms with Crippen LogP contribution in [0.3, 0.4) is 0 Å². The number of aliphatic hydroxyl groups is 2. The maximum Gasteiger partial charge on any atom is 0.519 e. The Hall–Kier alpha value is -7.47. The second kappa shape index (κ2) is 21.6. The molecule has 2 aromatic carbocycles. The molecular weight excluding hydrogens is 1140 g/mol. The van der Waals surface area contributed by atoms with Crippen molar-refractivity contribution >= 4 is 56.7 Å². The number of carbonyl (C=O) groups is 4. The number of Topliss-reactive ketones (excluding diaryl/α,β-unsaturated/α-hetero) is 1. The van der Waals surface area contributed by atoms with Gasteiger partial charge < -0.3 is 57.3 Å². The van der Waals surface area contributed by atoms with Crippen LogP contribution >= 0.6 is 0 Å². The molecule has 0 radical (unpaired) electrons. The van der Waals surface area contributed by atoms with Gasteiger partial charge in [-0.3, -0.25) is 29.0 Å². The molecule has 0 bridgehead atoms. The van der Waals surface area contributed by atoms with Crippen molar-refractivity contribution < 1.29 is 66.3 Å². The predicted octanol–water partition coefficient (Wildman–Crippen LogP) is 6.93. The first-order chi connectivity index (χ1) is 41.9. The van der Waals surface area contributed by atoms with Crippen molar-refractivity contribution in [2.45, 2.75) is 135 Å². The number of aromatic carboxylic acids is 1. The molecule has 7 fully saturated rings. The van der Waals surface area contributed by atoms with E-state index in [-0.39, 0.29) is 107 Å². The molecule has 2 aliphatic heterocycles. The Morgan fingerprint density at radius 3 is 1.77 bits per heavy atom. The maximum absolute atomic E-state index is 16.9. The number of halogens is 2. The van der Waals surface area contributed by atoms with Crippen LogP contribution in [0.1, 0.15) is 130 Å². The van der Waals surface area contributed by atoms with E-state index < -0.39 is 92.2 Å². The Morgan fingerprint density at radius 1 is 0.750 bits per heavy atom. The molecule has 5 heterocycles. The summed E-state index contributed by atoms with van der Waals surface area (Å²) in [5.41, 5.74) is -4.15. The fourth-order valence-electron chi connectivity index (χ4n) is 16.8. The average molecular weight is 1220 g/mol. The number of methoxy groups -OCH3 is 2. The van der Waals surface area contributed by atoms with Crippen molar-refractivity contribution in [3.05, 3.63) is 114 Å². The molecule has 21 nitrogen and oxygen atoms in total. The van der Waals surface area contributed by atoms with E-state index in [4.69, 9.17) is 23.0 Å². The molecule has 9 unspecified atom stereocenters. The lowest BCUT2D eigenvalue weighted by Gasteiger charge is -2.59. The highest BCUT2D eigenvalue weighted by Gasteiger charge is 2.70. The van der Waals surface area contributed by atoms with Gasteiger partial charge in [0.15, 0.2) is 47.0 Å². The van der Waals surface area contributed by atoms with Gasteiger partial charge in [-0.2, -0.15) is 0 Å². The molecule has 0 spiro atoms. The summed E-state index contributed by atoms with van der Waals surface area (Å²) in [5, 5.41) is 34.2. The van der Waals surface area contributed by atoms with Crippen LogP contribution in [-0.2, 0) is 27.4 Å². The number of anilines is 2. The minimum Gasteiger partial charge on any atom is -0.492 e. The van der Waals surface area contributed by atoms with Crippen molar-refractivity contribution in [2.24, 2.45) is 34.5 Å². The molecule has 88 heavy (non-hydrogen) atoms. The fraction of sp³-hybridized carbons (Fsp3) is 0.554. The standard InChI is InChI=1S/C65H74F2N6O15/c1-32-20-44-39-13-8-35-21-38(74)14-15-63(35,4)51(39)47(75)24-64(44,5)65(32,83)50(76)31-86-61(81)43-28-73(37-11-12-37)53-41(57(43)78)23-46(67)55(59(53)85-7)71-19-17-69(34(3)26-71)30-49-48(87-62(82)88-49)29-68-16-18-70(25-33(68)2)54-45(66)22-40-52(58(54)84-6)72(36-9-10-36)27-42(56(40)77)60(79)80/h14-15,21-23,27-28,32-34,36-37,39,44,47,51,75,83H,8-13,16-20,24-26,29-31H2,1-7H3,(H,79,80)/t32?,33?,34?,39?,44?,47?,51?,63?,64?,65-/m0/s1. The SMILES string of the molecule is COc1c(N2CCN(Cc3oc(=O)oc3CN3CCN(c4c(F)cc5c(=O)c(C(=O)OCC(=O)[C@@]6(O)C(C)CC7C8CCC9=CC(=O)C=CC9(C)C8C(O)CC76C)cn(C6CC6)c5c4OC)CC3C)C(C)C2)c(F)cc2c(=O)c(C(=O)O)cn(C3CC3)c12. The van der Waals surface area contributed by atoms with Crippen LogP contribution in [0.25, 0.3) is 21.8 Å². The number of carboxylic acids is 1. The van der Waals surface area contributed by atoms with Gasteiger partial charge in [0.05, 0.1) is 55.2 Å². The first-order valence-electron chi connectivity index (χ1n) is 30.7. The van der Waals surface area contributed by atoms with Crippen molar-refractivity contribution in [2.75, 3.05) is 69.9 Å². The summed E-state index contributed by atoms with van der Waals surface area (Å²) in [7, 11) is 2.79. The summed E-state index contributed by atoms with van der Waals surface area (Å²) in [6.45, 7) is 11.2. The highest BCUT2D eigenvalue weighted by Crippen LogP contribution is 2.68. The van der Waals surface area contributed by atoms with Crippen LogP contribution in [0.4, 0.5) is 20.2 Å². The number of aliphatic hydroxyl groups excluding tert-OH is 1. The van der Waals surface area contributed by atoms with Crippen molar-refractivity contribution in [3.8, 4) is 11.5 Å². The number of carbonyl (C=O) groups excluding carboxylic acids is 3. The Morgan fingerprint density at radius 2 is 1.27 bits per heavy atom. The summed E-state index contributed by atoms with van der Waals surface area (Å²) in [4.78, 5) is 101. The molecule has 23 heteroatoms. The molecule has 3 N–H and O–H groups in total. The number of ketones is 2. The second-order valence-corrected chi connectivity index (χ2v) is 26.5. The number of hydrogen-bond donors (Lipinski definition) is 3. The summed E-state index contributed by atoms with van der Waals surface area (Å²) in [6.07, 6.45) is 11.8. The number of aromatic nitrogens is 2. The third kappa shape index (κ3) is 9.36. The summed E-state index contributed by atoms with van der Waals surface area (Å²) < 4.78 is 65.5. The highest BCUT2D eigenvalue weighted by molar-refractivity contribution is 6.02. The molecule has 2 saturated heterocycles. The summed E-state index contributed by atoms with van der Waals surface area (Å²) in [5.74, 6) is -5.76. The lowest BCUT2D eigenvalue weighted by Crippen LogP contribution is -2.62. The zero-order chi connectivity index (χ0) is 62.4. The zero-order valence-electron chi connectivity index (χ0n) is 50.4. The first kappa shape index (κ1) is 59.5. The molecule has 6 aliphatic carbocycles. The van der Waals surface area contributed by atoms with Crippen LogP contribution in [0.15, 0.2) is 71.5 Å². The average Bonchev–Trinajstić information content (AvgIpc) is 1.45. The van der Waals surface area contributed by atoms with Crippen LogP contribution < -0.4 is 36.0 Å². The van der Waals surface area contributed by atoms with Crippen LogP contribution in [0.2, 0.25) is 0 Å². The number of pyridine rings is 2. The second-order valence-electron chi connectivity index (χ2n) is 26.5. The monoisotopic (exact) mass is 1220 g/mol. The normalized spacial score (nSPS) is 29.9. The molecule has 0 amide bonds. The van der Waals surface area contributed by atoms with Crippen LogP contribution in [0, 0.1) is 46.1 Å². The fourth-order valence-corrected chi connectivity index (χ4v) is 16.8. The van der Waals surface area contributed by atoms with Gasteiger partial charge >= 0.3 is 17.8 Å². The Kier molecular flexibility index (Phi) is 14.6. The predicted molar refractivity (Wildman–Crippen MR) is 317 cm³/mol. The van der Waals surface area contributed by atoms with Gasteiger partial charge in [-0.05, 0) is 107 Å². The van der Waals surface area contributed by atoms with Crippen molar-refractivity contribution in [3.63, 3.8) is 0 Å². The summed E-state index contributed by atoms with van der Waals surface area (Å²) >= 11 is 0. The zero-order valence-corrected chi connectivity index (χ0v) is 50.4. The number of piperazine rings is 2. The molecule has 468 valence electrons. The number of nitrogens with zero attached hydrogens (tertiary/aromatic N) is 6. The van der Waals surface area contributed by atoms with Gasteiger partial charge in [0.2, 0.25) is 16.6 Å². The largest absolute Gasteiger partial charge is 0.519 e. The number of benzene rings is 2. The number of hydrogen-bond acceptors (Lipinski definition) is 18. The highest BCUT2D eigenvalue weighted by atomic mass is 19.1. The van der Waals surface area contributed by atoms with Gasteiger partial charge in [0, 0.05) is 92.6 Å². The maximum atomic E-state index is 16.9. The number of allylic oxidation sites excluding steroid dienone is 4. The van der Waals surface area contributed by atoms with Crippen LogP contribution in [-0.4, -0.2) is 142 Å². The van der Waals surface area contributed by atoms with Crippen LogP contribution in [0.5, 0.6) is 11.5 Å². The van der Waals surface area contributed by atoms with Gasteiger partial charge in [-0.25, -0.2) is 23.2 Å². The number of rotatable bonds is 15. The van der Waals surface area contributed by atoms with E-state index in [0.29, 0.717) is 87.4 Å². The van der Waals surface area contributed by atoms with Gasteiger partial charge in [0.1, 0.15) is 28.1 Å². The molecular formula is C65H74F2N6O15. The van der Waals surface area contributed by atoms with Gasteiger partial charge in [-0.15, -0.1) is 0 Å². The third-order valence-corrected chi connectivity index (χ3v) is 21.6. The molecule has 5 aromatic rings. The minimum absolute atomic E-state index is 0.0553. The van der Waals surface area contributed by atoms with E-state index in [1.54, 1.807) is 28.2 Å². The van der Waals surface area contributed by atoms with Gasteiger partial charge in [0.25, 0.3) is 0 Å². The lowest BCUT2D eigenvalue weighted by molar-refractivity contribution is -0.183. The Bertz CT molecular complexity index is 4030. The smallest absolute Gasteiger partial charge is 0.492 e. The number of carboxylic acid groups (broad SMARTS) is 1. The topological polar surface area (TPSA) is 257 Å². The van der Waals surface area contributed by atoms with E-state index in [1.807, 2.05) is 36.6 Å². The first-order valence-corrected chi connectivity index (χ1v) is 30.7. The summed E-state index contributed by atoms with van der Waals surface area (Å²) in [6, 6.07) is 1.51. The van der Waals surface area contributed by atoms with E-state index in [9.17, 15) is 48.9 Å². The van der Waals surface area contributed by atoms with Crippen molar-refractivity contribution in [1.82, 2.24) is 18.9 Å². The third-order valence-electron chi connectivity index (χ3n) is 21.6. The molecule has 3 aromatic heterocycles. The Labute approximate surface area is 504 Å². The van der Waals surface area contributed by atoms with Crippen molar-refractivity contribution in [1.29, 1.82) is 0 Å². The number of fused-ring (bicyclic) bond motifs is 7. The number of esters is 1.